The third kappa shape index (κ3) is 4.70. The predicted molar refractivity (Wildman–Crippen MR) is 102 cm³/mol. The van der Waals surface area contributed by atoms with Crippen molar-refractivity contribution in [3.05, 3.63) is 84.2 Å². The summed E-state index contributed by atoms with van der Waals surface area (Å²) in [5.41, 5.74) is 3.35. The molecule has 0 spiro atoms. The number of nitrogens with one attached hydrogen (secondary N) is 1. The number of aromatic nitrogens is 2. The van der Waals surface area contributed by atoms with Crippen LogP contribution in [0, 0.1) is 0 Å². The first-order valence-electron chi connectivity index (χ1n) is 8.31. The molecule has 0 amide bonds. The minimum absolute atomic E-state index is 0.585. The van der Waals surface area contributed by atoms with Gasteiger partial charge in [0, 0.05) is 32.4 Å². The van der Waals surface area contributed by atoms with Crippen molar-refractivity contribution in [1.82, 2.24) is 20.0 Å². The molecule has 0 atom stereocenters. The highest BCUT2D eigenvalue weighted by atomic mass is 15.3. The second-order valence-corrected chi connectivity index (χ2v) is 6.00. The first-order valence-corrected chi connectivity index (χ1v) is 8.31. The van der Waals surface area contributed by atoms with Crippen molar-refractivity contribution in [2.45, 2.75) is 13.1 Å². The monoisotopic (exact) mass is 333 g/mol. The van der Waals surface area contributed by atoms with Crippen LogP contribution in [0.2, 0.25) is 0 Å². The SMILES string of the molecule is CN(C)C(=NCc1cnn(-c2ccccc2)c1)NCc1ccccc1. The smallest absolute Gasteiger partial charge is 0.194 e. The number of aliphatic imine (C=N–C) groups is 1. The van der Waals surface area contributed by atoms with E-state index in [1.54, 1.807) is 0 Å². The van der Waals surface area contributed by atoms with Crippen LogP contribution in [0.5, 0.6) is 0 Å². The first kappa shape index (κ1) is 16.8. The number of hydrogen-bond donors (Lipinski definition) is 1. The Morgan fingerprint density at radius 2 is 1.68 bits per heavy atom. The van der Waals surface area contributed by atoms with E-state index < -0.39 is 0 Å². The lowest BCUT2D eigenvalue weighted by atomic mass is 10.2. The standard InChI is InChI=1S/C20H23N5/c1-24(2)20(21-13-17-9-5-3-6-10-17)22-14-18-15-23-25(16-18)19-11-7-4-8-12-19/h3-12,15-16H,13-14H2,1-2H3,(H,21,22). The minimum atomic E-state index is 0.585. The molecule has 5 nitrogen and oxygen atoms in total. The van der Waals surface area contributed by atoms with Crippen LogP contribution in [0.15, 0.2) is 78.0 Å². The first-order chi connectivity index (χ1) is 12.2. The summed E-state index contributed by atoms with van der Waals surface area (Å²) in [6, 6.07) is 20.4. The zero-order valence-electron chi connectivity index (χ0n) is 14.6. The molecule has 3 aromatic rings. The van der Waals surface area contributed by atoms with E-state index in [-0.39, 0.29) is 0 Å². The van der Waals surface area contributed by atoms with E-state index in [0.29, 0.717) is 6.54 Å². The van der Waals surface area contributed by atoms with Crippen LogP contribution < -0.4 is 5.32 Å². The predicted octanol–water partition coefficient (Wildman–Crippen LogP) is 3.08. The molecule has 1 aromatic heterocycles. The fourth-order valence-corrected chi connectivity index (χ4v) is 2.46. The molecule has 1 heterocycles. The van der Waals surface area contributed by atoms with Crippen LogP contribution >= 0.6 is 0 Å². The van der Waals surface area contributed by atoms with E-state index in [9.17, 15) is 0 Å². The van der Waals surface area contributed by atoms with E-state index in [2.05, 4.69) is 22.5 Å². The van der Waals surface area contributed by atoms with E-state index >= 15 is 0 Å². The highest BCUT2D eigenvalue weighted by Gasteiger charge is 2.04. The van der Waals surface area contributed by atoms with Gasteiger partial charge in [0.05, 0.1) is 18.4 Å². The highest BCUT2D eigenvalue weighted by molar-refractivity contribution is 5.79. The summed E-state index contributed by atoms with van der Waals surface area (Å²) in [7, 11) is 3.98. The summed E-state index contributed by atoms with van der Waals surface area (Å²) in [6.45, 7) is 1.34. The van der Waals surface area contributed by atoms with Crippen molar-refractivity contribution in [2.24, 2.45) is 4.99 Å². The third-order valence-electron chi connectivity index (χ3n) is 3.79. The maximum Gasteiger partial charge on any atom is 0.194 e. The molecular weight excluding hydrogens is 310 g/mol. The van der Waals surface area contributed by atoms with Gasteiger partial charge < -0.3 is 10.2 Å². The van der Waals surface area contributed by atoms with Crippen LogP contribution in [0.25, 0.3) is 5.69 Å². The van der Waals surface area contributed by atoms with Crippen molar-refractivity contribution < 1.29 is 0 Å². The van der Waals surface area contributed by atoms with Gasteiger partial charge in [0.25, 0.3) is 0 Å². The Balaban J connectivity index is 1.65. The lowest BCUT2D eigenvalue weighted by Crippen LogP contribution is -2.36. The lowest BCUT2D eigenvalue weighted by Gasteiger charge is -2.17. The van der Waals surface area contributed by atoms with E-state index in [1.165, 1.54) is 5.56 Å². The van der Waals surface area contributed by atoms with Crippen molar-refractivity contribution in [3.63, 3.8) is 0 Å². The molecule has 25 heavy (non-hydrogen) atoms. The normalized spacial score (nSPS) is 11.4. The molecular formula is C20H23N5. The van der Waals surface area contributed by atoms with Gasteiger partial charge in [-0.05, 0) is 17.7 Å². The van der Waals surface area contributed by atoms with Gasteiger partial charge in [0.2, 0.25) is 0 Å². The second-order valence-electron chi connectivity index (χ2n) is 6.00. The Kier molecular flexibility index (Phi) is 5.46. The second kappa shape index (κ2) is 8.15. The zero-order valence-corrected chi connectivity index (χ0v) is 14.6. The Hall–Kier alpha value is -3.08. The zero-order chi connectivity index (χ0) is 17.5. The summed E-state index contributed by atoms with van der Waals surface area (Å²) in [5.74, 6) is 0.858. The van der Waals surface area contributed by atoms with Crippen LogP contribution in [0.4, 0.5) is 0 Å². The molecule has 5 heteroatoms. The van der Waals surface area contributed by atoms with E-state index in [4.69, 9.17) is 4.99 Å². The van der Waals surface area contributed by atoms with Gasteiger partial charge in [-0.2, -0.15) is 5.10 Å². The highest BCUT2D eigenvalue weighted by Crippen LogP contribution is 2.08. The van der Waals surface area contributed by atoms with Crippen molar-refractivity contribution in [3.8, 4) is 5.69 Å². The molecule has 1 N–H and O–H groups in total. The molecule has 0 fully saturated rings. The van der Waals surface area contributed by atoms with Crippen LogP contribution in [0.1, 0.15) is 11.1 Å². The van der Waals surface area contributed by atoms with Crippen LogP contribution in [-0.4, -0.2) is 34.7 Å². The fraction of sp³-hybridized carbons (Fsp3) is 0.200. The Morgan fingerprint density at radius 1 is 1.00 bits per heavy atom. The average Bonchev–Trinajstić information content (AvgIpc) is 3.12. The maximum atomic E-state index is 4.69. The number of rotatable bonds is 5. The van der Waals surface area contributed by atoms with E-state index in [1.807, 2.05) is 84.6 Å². The van der Waals surface area contributed by atoms with Crippen molar-refractivity contribution >= 4 is 5.96 Å². The van der Waals surface area contributed by atoms with Gasteiger partial charge in [-0.25, -0.2) is 9.67 Å². The number of para-hydroxylation sites is 1. The van der Waals surface area contributed by atoms with Crippen LogP contribution in [0.3, 0.4) is 0 Å². The maximum absolute atomic E-state index is 4.69. The molecule has 0 aliphatic heterocycles. The molecule has 2 aromatic carbocycles. The van der Waals surface area contributed by atoms with Crippen molar-refractivity contribution in [2.75, 3.05) is 14.1 Å². The molecule has 0 saturated heterocycles. The Morgan fingerprint density at radius 3 is 2.36 bits per heavy atom. The van der Waals surface area contributed by atoms with Gasteiger partial charge >= 0.3 is 0 Å². The number of guanidine groups is 1. The van der Waals surface area contributed by atoms with Gasteiger partial charge in [-0.15, -0.1) is 0 Å². The van der Waals surface area contributed by atoms with Crippen molar-refractivity contribution in [1.29, 1.82) is 0 Å². The molecule has 0 unspecified atom stereocenters. The van der Waals surface area contributed by atoms with Gasteiger partial charge in [-0.3, -0.25) is 0 Å². The van der Waals surface area contributed by atoms with Crippen LogP contribution in [-0.2, 0) is 13.1 Å². The lowest BCUT2D eigenvalue weighted by molar-refractivity contribution is 0.578. The quantitative estimate of drug-likeness (QED) is 0.576. The summed E-state index contributed by atoms with van der Waals surface area (Å²) in [6.07, 6.45) is 3.88. The Bertz CT molecular complexity index is 806. The van der Waals surface area contributed by atoms with Gasteiger partial charge in [-0.1, -0.05) is 48.5 Å². The van der Waals surface area contributed by atoms with Gasteiger partial charge in [0.1, 0.15) is 0 Å². The molecule has 0 aliphatic carbocycles. The fourth-order valence-electron chi connectivity index (χ4n) is 2.46. The summed E-state index contributed by atoms with van der Waals surface area (Å²) >= 11 is 0. The molecule has 0 radical (unpaired) electrons. The molecule has 3 rings (SSSR count). The minimum Gasteiger partial charge on any atom is -0.352 e. The molecule has 0 aliphatic rings. The summed E-state index contributed by atoms with van der Waals surface area (Å²) in [4.78, 5) is 6.68. The Labute approximate surface area is 148 Å². The summed E-state index contributed by atoms with van der Waals surface area (Å²) in [5, 5.41) is 7.81. The van der Waals surface area contributed by atoms with Gasteiger partial charge in [0.15, 0.2) is 5.96 Å². The number of nitrogens with zero attached hydrogens (tertiary/aromatic N) is 4. The molecule has 0 bridgehead atoms. The summed E-state index contributed by atoms with van der Waals surface area (Å²) < 4.78 is 1.87. The van der Waals surface area contributed by atoms with E-state index in [0.717, 1.165) is 23.8 Å². The number of hydrogen-bond acceptors (Lipinski definition) is 2. The average molecular weight is 333 g/mol. The largest absolute Gasteiger partial charge is 0.352 e. The topological polar surface area (TPSA) is 45.5 Å². The molecule has 0 saturated carbocycles. The number of benzene rings is 2. The third-order valence-corrected chi connectivity index (χ3v) is 3.79. The molecule has 128 valence electrons.